The molecule has 1 atom stereocenters. The molecular weight excluding hydrogens is 280 g/mol. The van der Waals surface area contributed by atoms with Gasteiger partial charge in [0.15, 0.2) is 0 Å². The van der Waals surface area contributed by atoms with Crippen LogP contribution in [0.2, 0.25) is 0 Å². The van der Waals surface area contributed by atoms with Crippen molar-refractivity contribution < 1.29 is 4.79 Å². The van der Waals surface area contributed by atoms with Crippen LogP contribution in [-0.4, -0.2) is 23.9 Å². The first-order chi connectivity index (χ1) is 10.3. The van der Waals surface area contributed by atoms with Crippen molar-refractivity contribution in [1.29, 1.82) is 0 Å². The molecule has 0 aliphatic carbocycles. The highest BCUT2D eigenvalue weighted by atomic mass is 32.1. The van der Waals surface area contributed by atoms with E-state index in [1.165, 1.54) is 16.1 Å². The summed E-state index contributed by atoms with van der Waals surface area (Å²) in [6.07, 6.45) is 3.20. The molecule has 0 radical (unpaired) electrons. The van der Waals surface area contributed by atoms with Crippen LogP contribution < -0.4 is 5.32 Å². The molecule has 3 nitrogen and oxygen atoms in total. The van der Waals surface area contributed by atoms with Gasteiger partial charge in [-0.25, -0.2) is 0 Å². The summed E-state index contributed by atoms with van der Waals surface area (Å²) in [4.78, 5) is 16.2. The number of thiophene rings is 1. The number of carbonyl (C=O) groups excluding carboxylic acids is 1. The fraction of sp³-hybridized carbons (Fsp3) is 0.353. The maximum Gasteiger partial charge on any atom is 0.254 e. The number of anilines is 1. The van der Waals surface area contributed by atoms with Crippen LogP contribution in [0.3, 0.4) is 0 Å². The maximum absolute atomic E-state index is 12.9. The van der Waals surface area contributed by atoms with E-state index in [9.17, 15) is 4.79 Å². The predicted octanol–water partition coefficient (Wildman–Crippen LogP) is 3.69. The molecule has 2 aliphatic heterocycles. The summed E-state index contributed by atoms with van der Waals surface area (Å²) < 4.78 is 0. The fourth-order valence-electron chi connectivity index (χ4n) is 3.39. The van der Waals surface area contributed by atoms with Crippen molar-refractivity contribution in [3.05, 3.63) is 51.7 Å². The van der Waals surface area contributed by atoms with Gasteiger partial charge in [0.1, 0.15) is 0 Å². The normalized spacial score (nSPS) is 20.4. The van der Waals surface area contributed by atoms with E-state index >= 15 is 0 Å². The van der Waals surface area contributed by atoms with E-state index in [0.29, 0.717) is 0 Å². The molecule has 1 N–H and O–H groups in total. The molecule has 1 saturated heterocycles. The number of amides is 1. The van der Waals surface area contributed by atoms with Gasteiger partial charge in [-0.05, 0) is 54.5 Å². The SMILES string of the molecule is O=C(c1ccc2c(c1)CCN2)N1CCCC1c1cccs1. The van der Waals surface area contributed by atoms with Gasteiger partial charge in [-0.3, -0.25) is 4.79 Å². The standard InChI is InChI=1S/C17H18N2OS/c20-17(13-5-6-14-12(11-13)7-8-18-14)19-9-1-3-15(19)16-4-2-10-21-16/h2,4-6,10-11,15,18H,1,3,7-9H2. The van der Waals surface area contributed by atoms with Crippen molar-refractivity contribution >= 4 is 22.9 Å². The first-order valence-electron chi connectivity index (χ1n) is 7.54. The second-order valence-corrected chi connectivity index (χ2v) is 6.70. The zero-order chi connectivity index (χ0) is 14.2. The Bertz CT molecular complexity index is 665. The van der Waals surface area contributed by atoms with Crippen LogP contribution in [0.1, 0.15) is 39.7 Å². The Morgan fingerprint density at radius 3 is 3.14 bits per heavy atom. The lowest BCUT2D eigenvalue weighted by atomic mass is 10.1. The van der Waals surface area contributed by atoms with Gasteiger partial charge >= 0.3 is 0 Å². The molecule has 0 bridgehead atoms. The average molecular weight is 298 g/mol. The van der Waals surface area contributed by atoms with Gasteiger partial charge in [-0.2, -0.15) is 0 Å². The molecule has 1 unspecified atom stereocenters. The molecule has 4 heteroatoms. The molecule has 2 aromatic rings. The van der Waals surface area contributed by atoms with Gasteiger partial charge in [-0.1, -0.05) is 6.07 Å². The largest absolute Gasteiger partial charge is 0.384 e. The number of nitrogens with one attached hydrogen (secondary N) is 1. The molecule has 1 aromatic heterocycles. The van der Waals surface area contributed by atoms with E-state index in [0.717, 1.165) is 37.9 Å². The summed E-state index contributed by atoms with van der Waals surface area (Å²) in [7, 11) is 0. The highest BCUT2D eigenvalue weighted by molar-refractivity contribution is 7.10. The number of rotatable bonds is 2. The summed E-state index contributed by atoms with van der Waals surface area (Å²) in [5.41, 5.74) is 3.29. The van der Waals surface area contributed by atoms with E-state index < -0.39 is 0 Å². The van der Waals surface area contributed by atoms with Crippen LogP contribution in [0.4, 0.5) is 5.69 Å². The van der Waals surface area contributed by atoms with Crippen LogP contribution in [0.15, 0.2) is 35.7 Å². The zero-order valence-corrected chi connectivity index (χ0v) is 12.7. The molecule has 0 saturated carbocycles. The third-order valence-electron chi connectivity index (χ3n) is 4.45. The Hall–Kier alpha value is -1.81. The second kappa shape index (κ2) is 5.19. The Kier molecular flexibility index (Phi) is 3.19. The molecule has 108 valence electrons. The Morgan fingerprint density at radius 2 is 2.29 bits per heavy atom. The first kappa shape index (κ1) is 12.9. The molecule has 21 heavy (non-hydrogen) atoms. The van der Waals surface area contributed by atoms with Gasteiger partial charge in [0, 0.05) is 29.2 Å². The highest BCUT2D eigenvalue weighted by Crippen LogP contribution is 2.36. The third-order valence-corrected chi connectivity index (χ3v) is 5.42. The van der Waals surface area contributed by atoms with E-state index in [1.807, 2.05) is 12.1 Å². The van der Waals surface area contributed by atoms with E-state index in [2.05, 4.69) is 33.8 Å². The van der Waals surface area contributed by atoms with Gasteiger partial charge in [0.05, 0.1) is 6.04 Å². The van der Waals surface area contributed by atoms with Crippen molar-refractivity contribution in [3.8, 4) is 0 Å². The molecule has 4 rings (SSSR count). The quantitative estimate of drug-likeness (QED) is 0.917. The van der Waals surface area contributed by atoms with Gasteiger partial charge in [-0.15, -0.1) is 11.3 Å². The Morgan fingerprint density at radius 1 is 1.33 bits per heavy atom. The molecule has 1 fully saturated rings. The smallest absolute Gasteiger partial charge is 0.254 e. The van der Waals surface area contributed by atoms with Crippen LogP contribution in [-0.2, 0) is 6.42 Å². The maximum atomic E-state index is 12.9. The second-order valence-electron chi connectivity index (χ2n) is 5.72. The van der Waals surface area contributed by atoms with Crippen LogP contribution in [0.5, 0.6) is 0 Å². The Labute approximate surface area is 128 Å². The summed E-state index contributed by atoms with van der Waals surface area (Å²) in [6.45, 7) is 1.85. The summed E-state index contributed by atoms with van der Waals surface area (Å²) >= 11 is 1.75. The number of hydrogen-bond acceptors (Lipinski definition) is 3. The van der Waals surface area contributed by atoms with E-state index in [4.69, 9.17) is 0 Å². The van der Waals surface area contributed by atoms with Crippen molar-refractivity contribution in [2.75, 3.05) is 18.4 Å². The topological polar surface area (TPSA) is 32.3 Å². The van der Waals surface area contributed by atoms with Crippen molar-refractivity contribution in [2.24, 2.45) is 0 Å². The number of likely N-dealkylation sites (tertiary alicyclic amines) is 1. The van der Waals surface area contributed by atoms with Crippen molar-refractivity contribution in [2.45, 2.75) is 25.3 Å². The predicted molar refractivity (Wildman–Crippen MR) is 86.0 cm³/mol. The lowest BCUT2D eigenvalue weighted by Crippen LogP contribution is -2.30. The summed E-state index contributed by atoms with van der Waals surface area (Å²) in [5, 5.41) is 5.44. The minimum Gasteiger partial charge on any atom is -0.384 e. The summed E-state index contributed by atoms with van der Waals surface area (Å²) in [6, 6.07) is 10.6. The van der Waals surface area contributed by atoms with Crippen LogP contribution >= 0.6 is 11.3 Å². The van der Waals surface area contributed by atoms with Crippen molar-refractivity contribution in [3.63, 3.8) is 0 Å². The van der Waals surface area contributed by atoms with Crippen LogP contribution in [0, 0.1) is 0 Å². The lowest BCUT2D eigenvalue weighted by Gasteiger charge is -2.24. The number of carbonyl (C=O) groups is 1. The number of hydrogen-bond donors (Lipinski definition) is 1. The zero-order valence-electron chi connectivity index (χ0n) is 11.8. The van der Waals surface area contributed by atoms with E-state index in [-0.39, 0.29) is 11.9 Å². The van der Waals surface area contributed by atoms with Gasteiger partial charge in [0.2, 0.25) is 0 Å². The first-order valence-corrected chi connectivity index (χ1v) is 8.42. The third kappa shape index (κ3) is 2.23. The van der Waals surface area contributed by atoms with Gasteiger partial charge < -0.3 is 10.2 Å². The lowest BCUT2D eigenvalue weighted by molar-refractivity contribution is 0.0738. The van der Waals surface area contributed by atoms with E-state index in [1.54, 1.807) is 11.3 Å². The number of nitrogens with zero attached hydrogens (tertiary/aromatic N) is 1. The monoisotopic (exact) mass is 298 g/mol. The fourth-order valence-corrected chi connectivity index (χ4v) is 4.26. The number of benzene rings is 1. The molecule has 1 aromatic carbocycles. The molecular formula is C17H18N2OS. The van der Waals surface area contributed by atoms with Crippen molar-refractivity contribution in [1.82, 2.24) is 4.90 Å². The van der Waals surface area contributed by atoms with Crippen LogP contribution in [0.25, 0.3) is 0 Å². The molecule has 1 amide bonds. The minimum atomic E-state index is 0.181. The van der Waals surface area contributed by atoms with Gasteiger partial charge in [0.25, 0.3) is 5.91 Å². The Balaban J connectivity index is 1.62. The molecule has 0 spiro atoms. The number of fused-ring (bicyclic) bond motifs is 1. The minimum absolute atomic E-state index is 0.181. The molecule has 2 aliphatic rings. The average Bonchev–Trinajstić information content (AvgIpc) is 3.24. The highest BCUT2D eigenvalue weighted by Gasteiger charge is 2.31. The molecule has 3 heterocycles. The summed E-state index contributed by atoms with van der Waals surface area (Å²) in [5.74, 6) is 0.181.